The van der Waals surface area contributed by atoms with Crippen molar-refractivity contribution < 1.29 is 9.47 Å². The minimum absolute atomic E-state index is 0.152. The largest absolute Gasteiger partial charge is 0.354 e. The van der Waals surface area contributed by atoms with Gasteiger partial charge in [-0.05, 0) is 26.0 Å². The Morgan fingerprint density at radius 2 is 1.81 bits per heavy atom. The van der Waals surface area contributed by atoms with E-state index in [9.17, 15) is 0 Å². The van der Waals surface area contributed by atoms with Crippen molar-refractivity contribution in [2.75, 3.05) is 27.0 Å². The zero-order chi connectivity index (χ0) is 12.0. The molecule has 0 bridgehead atoms. The smallest absolute Gasteiger partial charge is 0.171 e. The van der Waals surface area contributed by atoms with Crippen LogP contribution >= 0.6 is 11.8 Å². The van der Waals surface area contributed by atoms with Gasteiger partial charge in [0.25, 0.3) is 0 Å². The van der Waals surface area contributed by atoms with Gasteiger partial charge in [-0.25, -0.2) is 0 Å². The van der Waals surface area contributed by atoms with Crippen molar-refractivity contribution in [1.29, 1.82) is 0 Å². The molecule has 16 heavy (non-hydrogen) atoms. The molecule has 1 fully saturated rings. The van der Waals surface area contributed by atoms with Crippen LogP contribution in [0.4, 0.5) is 0 Å². The normalized spacial score (nSPS) is 21.6. The third kappa shape index (κ3) is 3.62. The van der Waals surface area contributed by atoms with Crippen molar-refractivity contribution in [3.8, 4) is 0 Å². The summed E-state index contributed by atoms with van der Waals surface area (Å²) in [4.78, 5) is 0. The van der Waals surface area contributed by atoms with Gasteiger partial charge in [0, 0.05) is 25.5 Å². The van der Waals surface area contributed by atoms with Gasteiger partial charge in [0.2, 0.25) is 0 Å². The minimum Gasteiger partial charge on any atom is -0.354 e. The molecule has 0 saturated heterocycles. The molecule has 0 aromatic rings. The van der Waals surface area contributed by atoms with Crippen LogP contribution in [0.15, 0.2) is 0 Å². The zero-order valence-electron chi connectivity index (χ0n) is 10.9. The number of methoxy groups -OCH3 is 2. The molecular formula is C12H25NO2S. The van der Waals surface area contributed by atoms with Crippen molar-refractivity contribution in [2.24, 2.45) is 0 Å². The molecule has 0 spiro atoms. The van der Waals surface area contributed by atoms with Crippen molar-refractivity contribution in [3.63, 3.8) is 0 Å². The van der Waals surface area contributed by atoms with Crippen LogP contribution in [0.5, 0.6) is 0 Å². The fourth-order valence-electron chi connectivity index (χ4n) is 2.42. The Labute approximate surface area is 104 Å². The predicted molar refractivity (Wildman–Crippen MR) is 70.0 cm³/mol. The summed E-state index contributed by atoms with van der Waals surface area (Å²) < 4.78 is 10.9. The van der Waals surface area contributed by atoms with Gasteiger partial charge in [-0.15, -0.1) is 0 Å². The second-order valence-electron chi connectivity index (χ2n) is 4.60. The fourth-order valence-corrected chi connectivity index (χ4v) is 3.34. The van der Waals surface area contributed by atoms with Crippen LogP contribution in [0.2, 0.25) is 0 Å². The summed E-state index contributed by atoms with van der Waals surface area (Å²) in [6.07, 6.45) is 7.48. The van der Waals surface area contributed by atoms with Crippen LogP contribution in [0, 0.1) is 0 Å². The van der Waals surface area contributed by atoms with E-state index in [0.29, 0.717) is 4.75 Å². The lowest BCUT2D eigenvalue weighted by Gasteiger charge is -2.30. The van der Waals surface area contributed by atoms with Crippen LogP contribution in [0.1, 0.15) is 32.6 Å². The van der Waals surface area contributed by atoms with Gasteiger partial charge in [-0.2, -0.15) is 11.8 Å². The molecule has 1 N–H and O–H groups in total. The summed E-state index contributed by atoms with van der Waals surface area (Å²) in [7, 11) is 3.37. The van der Waals surface area contributed by atoms with E-state index in [1.54, 1.807) is 14.2 Å². The lowest BCUT2D eigenvalue weighted by atomic mass is 10.1. The summed E-state index contributed by atoms with van der Waals surface area (Å²) in [5.74, 6) is 0. The monoisotopic (exact) mass is 247 g/mol. The molecular weight excluding hydrogens is 222 g/mol. The number of hydrogen-bond donors (Lipinski definition) is 1. The first-order chi connectivity index (χ1) is 7.67. The van der Waals surface area contributed by atoms with E-state index in [4.69, 9.17) is 9.47 Å². The maximum atomic E-state index is 5.25. The average Bonchev–Trinajstić information content (AvgIpc) is 2.77. The molecule has 3 nitrogen and oxygen atoms in total. The SMILES string of the molecule is COC(OC)C(C)NCC1(SC)CCCC1. The summed E-state index contributed by atoms with van der Waals surface area (Å²) >= 11 is 2.00. The molecule has 0 aliphatic heterocycles. The molecule has 96 valence electrons. The number of rotatable bonds is 7. The summed E-state index contributed by atoms with van der Waals surface area (Å²) in [6.45, 7) is 3.17. The van der Waals surface area contributed by atoms with Crippen molar-refractivity contribution in [1.82, 2.24) is 5.32 Å². The maximum Gasteiger partial charge on any atom is 0.171 e. The van der Waals surface area contributed by atoms with E-state index >= 15 is 0 Å². The molecule has 0 radical (unpaired) electrons. The molecule has 0 aromatic carbocycles. The minimum atomic E-state index is -0.152. The molecule has 1 atom stereocenters. The molecule has 1 rings (SSSR count). The van der Waals surface area contributed by atoms with Gasteiger partial charge in [-0.3, -0.25) is 0 Å². The molecule has 0 amide bonds. The quantitative estimate of drug-likeness (QED) is 0.699. The predicted octanol–water partition coefficient (Wildman–Crippen LogP) is 2.26. The Morgan fingerprint density at radius 3 is 2.25 bits per heavy atom. The second-order valence-corrected chi connectivity index (χ2v) is 5.88. The molecule has 1 unspecified atom stereocenters. The third-order valence-corrected chi connectivity index (χ3v) is 4.99. The third-order valence-electron chi connectivity index (χ3n) is 3.57. The Balaban J connectivity index is 2.37. The van der Waals surface area contributed by atoms with Crippen LogP contribution in [0.3, 0.4) is 0 Å². The molecule has 0 heterocycles. The summed E-state index contributed by atoms with van der Waals surface area (Å²) in [6, 6.07) is 0.236. The van der Waals surface area contributed by atoms with E-state index in [0.717, 1.165) is 6.54 Å². The second kappa shape index (κ2) is 6.84. The van der Waals surface area contributed by atoms with Gasteiger partial charge in [0.15, 0.2) is 6.29 Å². The molecule has 0 aromatic heterocycles. The first-order valence-electron chi connectivity index (χ1n) is 6.01. The van der Waals surface area contributed by atoms with Gasteiger partial charge in [-0.1, -0.05) is 12.8 Å². The summed E-state index contributed by atoms with van der Waals surface area (Å²) in [5.41, 5.74) is 0. The highest BCUT2D eigenvalue weighted by atomic mass is 32.2. The van der Waals surface area contributed by atoms with E-state index in [-0.39, 0.29) is 12.3 Å². The Morgan fingerprint density at radius 1 is 1.25 bits per heavy atom. The number of thioether (sulfide) groups is 1. The molecule has 1 saturated carbocycles. The molecule has 1 aliphatic carbocycles. The topological polar surface area (TPSA) is 30.5 Å². The van der Waals surface area contributed by atoms with Crippen LogP contribution in [-0.4, -0.2) is 44.1 Å². The van der Waals surface area contributed by atoms with Gasteiger partial charge in [0.1, 0.15) is 0 Å². The maximum absolute atomic E-state index is 5.25. The Bertz CT molecular complexity index is 191. The highest BCUT2D eigenvalue weighted by Gasteiger charge is 2.33. The van der Waals surface area contributed by atoms with E-state index in [1.165, 1.54) is 25.7 Å². The van der Waals surface area contributed by atoms with Crippen LogP contribution in [-0.2, 0) is 9.47 Å². The number of nitrogens with one attached hydrogen (secondary N) is 1. The first-order valence-corrected chi connectivity index (χ1v) is 7.24. The number of ether oxygens (including phenoxy) is 2. The lowest BCUT2D eigenvalue weighted by Crippen LogP contribution is -2.45. The van der Waals surface area contributed by atoms with Gasteiger partial charge >= 0.3 is 0 Å². The highest BCUT2D eigenvalue weighted by Crippen LogP contribution is 2.39. The average molecular weight is 247 g/mol. The highest BCUT2D eigenvalue weighted by molar-refractivity contribution is 8.00. The van der Waals surface area contributed by atoms with E-state index < -0.39 is 0 Å². The van der Waals surface area contributed by atoms with Crippen molar-refractivity contribution in [2.45, 2.75) is 49.7 Å². The van der Waals surface area contributed by atoms with Crippen molar-refractivity contribution in [3.05, 3.63) is 0 Å². The lowest BCUT2D eigenvalue weighted by molar-refractivity contribution is -0.119. The Hall–Kier alpha value is 0.230. The van der Waals surface area contributed by atoms with Crippen LogP contribution in [0.25, 0.3) is 0 Å². The molecule has 4 heteroatoms. The summed E-state index contributed by atoms with van der Waals surface area (Å²) in [5, 5.41) is 3.55. The van der Waals surface area contributed by atoms with Gasteiger partial charge in [0.05, 0.1) is 6.04 Å². The zero-order valence-corrected chi connectivity index (χ0v) is 11.7. The molecule has 1 aliphatic rings. The number of hydrogen-bond acceptors (Lipinski definition) is 4. The van der Waals surface area contributed by atoms with E-state index in [2.05, 4.69) is 18.5 Å². The van der Waals surface area contributed by atoms with Crippen molar-refractivity contribution >= 4 is 11.8 Å². The first kappa shape index (κ1) is 14.3. The van der Waals surface area contributed by atoms with Crippen LogP contribution < -0.4 is 5.32 Å². The standard InChI is InChI=1S/C12H25NO2S/c1-10(11(14-2)15-3)13-9-12(16-4)7-5-6-8-12/h10-11,13H,5-9H2,1-4H3. The van der Waals surface area contributed by atoms with Gasteiger partial charge < -0.3 is 14.8 Å². The Kier molecular flexibility index (Phi) is 6.11. The van der Waals surface area contributed by atoms with E-state index in [1.807, 2.05) is 11.8 Å². The fraction of sp³-hybridized carbons (Fsp3) is 1.00.